The van der Waals surface area contributed by atoms with Crippen molar-refractivity contribution in [1.82, 2.24) is 10.2 Å². The normalized spacial score (nSPS) is 36.2. The van der Waals surface area contributed by atoms with Crippen LogP contribution in [0, 0.1) is 0 Å². The minimum Gasteiger partial charge on any atom is -0.391 e. The molecule has 2 atom stereocenters. The number of aliphatic hydroxyl groups excluding tert-OH is 1. The number of rotatable bonds is 1. The molecule has 1 heterocycles. The fourth-order valence-electron chi connectivity index (χ4n) is 2.29. The topological polar surface area (TPSA) is 52.6 Å². The fraction of sp³-hybridized carbons (Fsp3) is 0.889. The van der Waals surface area contributed by atoms with E-state index in [1.165, 1.54) is 0 Å². The largest absolute Gasteiger partial charge is 0.391 e. The molecule has 1 saturated heterocycles. The van der Waals surface area contributed by atoms with Crippen molar-refractivity contribution < 1.29 is 9.90 Å². The first-order chi connectivity index (χ1) is 6.27. The number of nitrogens with one attached hydrogen (secondary N) is 1. The fourth-order valence-corrected chi connectivity index (χ4v) is 2.29. The van der Waals surface area contributed by atoms with E-state index in [1.807, 2.05) is 0 Å². The third-order valence-electron chi connectivity index (χ3n) is 2.98. The number of carbonyl (C=O) groups excluding carboxylic acids is 1. The summed E-state index contributed by atoms with van der Waals surface area (Å²) in [7, 11) is 0. The summed E-state index contributed by atoms with van der Waals surface area (Å²) in [5, 5.41) is 12.4. The Balaban J connectivity index is 1.95. The molecule has 0 aromatic heterocycles. The molecule has 0 radical (unpaired) electrons. The Bertz CT molecular complexity index is 208. The second-order valence-corrected chi connectivity index (χ2v) is 3.89. The van der Waals surface area contributed by atoms with Gasteiger partial charge in [0, 0.05) is 19.1 Å². The highest BCUT2D eigenvalue weighted by molar-refractivity contribution is 5.78. The molecule has 4 nitrogen and oxygen atoms in total. The molecule has 0 spiro atoms. The van der Waals surface area contributed by atoms with Crippen LogP contribution in [0.1, 0.15) is 19.3 Å². The van der Waals surface area contributed by atoms with Gasteiger partial charge >= 0.3 is 0 Å². The first-order valence-corrected chi connectivity index (χ1v) is 4.96. The average Bonchev–Trinajstić information content (AvgIpc) is 2.51. The Labute approximate surface area is 77.9 Å². The van der Waals surface area contributed by atoms with Gasteiger partial charge in [0.25, 0.3) is 0 Å². The molecular weight excluding hydrogens is 168 g/mol. The highest BCUT2D eigenvalue weighted by Gasteiger charge is 2.32. The molecule has 0 aromatic carbocycles. The van der Waals surface area contributed by atoms with E-state index in [9.17, 15) is 9.90 Å². The van der Waals surface area contributed by atoms with Gasteiger partial charge in [0.15, 0.2) is 0 Å². The van der Waals surface area contributed by atoms with Gasteiger partial charge in [-0.1, -0.05) is 0 Å². The minimum absolute atomic E-state index is 0.0883. The van der Waals surface area contributed by atoms with Crippen LogP contribution in [0.4, 0.5) is 0 Å². The van der Waals surface area contributed by atoms with Crippen LogP contribution in [0.3, 0.4) is 0 Å². The Hall–Kier alpha value is -0.610. The molecule has 1 aliphatic heterocycles. The average molecular weight is 184 g/mol. The van der Waals surface area contributed by atoms with Crippen molar-refractivity contribution in [2.75, 3.05) is 19.6 Å². The number of aliphatic hydroxyl groups is 1. The standard InChI is InChI=1S/C9H16N2O2/c12-8-3-1-2-7(8)11-5-4-10-9(13)6-11/h7-8,12H,1-6H2,(H,10,13)/t7-,8-/m1/s1. The Kier molecular flexibility index (Phi) is 2.51. The first kappa shape index (κ1) is 8.97. The maximum absolute atomic E-state index is 11.1. The van der Waals surface area contributed by atoms with Crippen molar-refractivity contribution in [3.8, 4) is 0 Å². The van der Waals surface area contributed by atoms with Crippen LogP contribution in [0.2, 0.25) is 0 Å². The third kappa shape index (κ3) is 1.84. The molecule has 74 valence electrons. The molecule has 13 heavy (non-hydrogen) atoms. The minimum atomic E-state index is -0.217. The van der Waals surface area contributed by atoms with Crippen molar-refractivity contribution in [3.05, 3.63) is 0 Å². The number of hydrogen-bond donors (Lipinski definition) is 2. The van der Waals surface area contributed by atoms with Crippen LogP contribution in [0.5, 0.6) is 0 Å². The third-order valence-corrected chi connectivity index (χ3v) is 2.98. The lowest BCUT2D eigenvalue weighted by molar-refractivity contribution is -0.125. The van der Waals surface area contributed by atoms with E-state index in [0.29, 0.717) is 6.54 Å². The first-order valence-electron chi connectivity index (χ1n) is 4.96. The summed E-state index contributed by atoms with van der Waals surface area (Å²) < 4.78 is 0. The van der Waals surface area contributed by atoms with Crippen molar-refractivity contribution in [2.24, 2.45) is 0 Å². The lowest BCUT2D eigenvalue weighted by atomic mass is 10.1. The van der Waals surface area contributed by atoms with Crippen molar-refractivity contribution in [1.29, 1.82) is 0 Å². The van der Waals surface area contributed by atoms with Crippen LogP contribution >= 0.6 is 0 Å². The number of piperazine rings is 1. The van der Waals surface area contributed by atoms with Crippen molar-refractivity contribution in [3.63, 3.8) is 0 Å². The summed E-state index contributed by atoms with van der Waals surface area (Å²) in [5.41, 5.74) is 0. The quantitative estimate of drug-likeness (QED) is 0.568. The van der Waals surface area contributed by atoms with Gasteiger partial charge in [-0.05, 0) is 19.3 Å². The molecule has 1 amide bonds. The number of carbonyl (C=O) groups is 1. The number of nitrogens with zero attached hydrogens (tertiary/aromatic N) is 1. The molecule has 4 heteroatoms. The molecule has 0 aromatic rings. The van der Waals surface area contributed by atoms with Gasteiger partial charge in [-0.3, -0.25) is 9.69 Å². The maximum atomic E-state index is 11.1. The van der Waals surface area contributed by atoms with Gasteiger partial charge in [0.05, 0.1) is 12.6 Å². The number of hydrogen-bond acceptors (Lipinski definition) is 3. The summed E-state index contributed by atoms with van der Waals surface area (Å²) in [4.78, 5) is 13.2. The predicted octanol–water partition coefficient (Wildman–Crippen LogP) is -0.668. The van der Waals surface area contributed by atoms with Gasteiger partial charge in [-0.25, -0.2) is 0 Å². The van der Waals surface area contributed by atoms with E-state index in [-0.39, 0.29) is 18.1 Å². The van der Waals surface area contributed by atoms with Crippen LogP contribution in [-0.2, 0) is 4.79 Å². The van der Waals surface area contributed by atoms with Crippen LogP contribution in [-0.4, -0.2) is 47.7 Å². The van der Waals surface area contributed by atoms with E-state index >= 15 is 0 Å². The predicted molar refractivity (Wildman–Crippen MR) is 48.2 cm³/mol. The molecule has 0 unspecified atom stereocenters. The molecule has 1 aliphatic carbocycles. The van der Waals surface area contributed by atoms with E-state index in [2.05, 4.69) is 10.2 Å². The smallest absolute Gasteiger partial charge is 0.234 e. The zero-order chi connectivity index (χ0) is 9.26. The summed E-state index contributed by atoms with van der Waals surface area (Å²) in [6, 6.07) is 0.228. The zero-order valence-electron chi connectivity index (χ0n) is 7.70. The SMILES string of the molecule is O=C1CN([C@@H]2CCC[C@H]2O)CCN1. The zero-order valence-corrected chi connectivity index (χ0v) is 7.70. The van der Waals surface area contributed by atoms with E-state index in [0.717, 1.165) is 32.4 Å². The molecule has 2 aliphatic rings. The summed E-state index contributed by atoms with van der Waals surface area (Å²) >= 11 is 0. The Morgan fingerprint density at radius 1 is 1.46 bits per heavy atom. The Morgan fingerprint density at radius 2 is 2.31 bits per heavy atom. The van der Waals surface area contributed by atoms with Gasteiger partial charge in [0.1, 0.15) is 0 Å². The number of amides is 1. The molecule has 1 saturated carbocycles. The van der Waals surface area contributed by atoms with E-state index in [4.69, 9.17) is 0 Å². The Morgan fingerprint density at radius 3 is 2.92 bits per heavy atom. The maximum Gasteiger partial charge on any atom is 0.234 e. The highest BCUT2D eigenvalue weighted by Crippen LogP contribution is 2.24. The van der Waals surface area contributed by atoms with Crippen molar-refractivity contribution in [2.45, 2.75) is 31.4 Å². The second kappa shape index (κ2) is 3.64. The lowest BCUT2D eigenvalue weighted by Gasteiger charge is -2.33. The molecule has 2 fully saturated rings. The monoisotopic (exact) mass is 184 g/mol. The van der Waals surface area contributed by atoms with Gasteiger partial charge in [-0.2, -0.15) is 0 Å². The highest BCUT2D eigenvalue weighted by atomic mass is 16.3. The van der Waals surface area contributed by atoms with Crippen LogP contribution < -0.4 is 5.32 Å². The van der Waals surface area contributed by atoms with Crippen LogP contribution in [0.15, 0.2) is 0 Å². The van der Waals surface area contributed by atoms with Crippen molar-refractivity contribution >= 4 is 5.91 Å². The van der Waals surface area contributed by atoms with Gasteiger partial charge in [-0.15, -0.1) is 0 Å². The van der Waals surface area contributed by atoms with Gasteiger partial charge < -0.3 is 10.4 Å². The lowest BCUT2D eigenvalue weighted by Crippen LogP contribution is -2.53. The van der Waals surface area contributed by atoms with E-state index in [1.54, 1.807) is 0 Å². The molecule has 0 bridgehead atoms. The molecule has 2 N–H and O–H groups in total. The second-order valence-electron chi connectivity index (χ2n) is 3.89. The van der Waals surface area contributed by atoms with Gasteiger partial charge in [0.2, 0.25) is 5.91 Å². The van der Waals surface area contributed by atoms with E-state index < -0.39 is 0 Å². The summed E-state index contributed by atoms with van der Waals surface area (Å²) in [6.07, 6.45) is 2.80. The molecular formula is C9H16N2O2. The summed E-state index contributed by atoms with van der Waals surface area (Å²) in [5.74, 6) is 0.0883. The van der Waals surface area contributed by atoms with Crippen LogP contribution in [0.25, 0.3) is 0 Å². The summed E-state index contributed by atoms with van der Waals surface area (Å²) in [6.45, 7) is 2.07. The molecule has 2 rings (SSSR count).